The second kappa shape index (κ2) is 5.22. The van der Waals surface area contributed by atoms with Crippen molar-refractivity contribution in [3.05, 3.63) is 36.8 Å². The van der Waals surface area contributed by atoms with Gasteiger partial charge in [0.2, 0.25) is 0 Å². The van der Waals surface area contributed by atoms with Crippen molar-refractivity contribution in [1.82, 2.24) is 14.5 Å². The molecule has 0 fully saturated rings. The number of hydrogen-bond acceptors (Lipinski definition) is 5. The van der Waals surface area contributed by atoms with Gasteiger partial charge in [0, 0.05) is 24.4 Å². The quantitative estimate of drug-likeness (QED) is 0.805. The molecule has 6 nitrogen and oxygen atoms in total. The van der Waals surface area contributed by atoms with Crippen molar-refractivity contribution in [3.63, 3.8) is 0 Å². The number of aromatic nitrogens is 3. The summed E-state index contributed by atoms with van der Waals surface area (Å²) in [7, 11) is 0. The van der Waals surface area contributed by atoms with E-state index in [2.05, 4.69) is 26.8 Å². The van der Waals surface area contributed by atoms with E-state index in [1.807, 2.05) is 30.6 Å². The van der Waals surface area contributed by atoms with Crippen molar-refractivity contribution in [1.29, 1.82) is 0 Å². The Bertz CT molecular complexity index is 828. The minimum Gasteiger partial charge on any atom is -0.486 e. The first kappa shape index (κ1) is 12.9. The molecule has 1 aliphatic rings. The molecule has 0 unspecified atom stereocenters. The molecular weight excluding hydrogens is 280 g/mol. The molecule has 0 atom stereocenters. The lowest BCUT2D eigenvalue weighted by atomic mass is 10.2. The van der Waals surface area contributed by atoms with E-state index in [-0.39, 0.29) is 0 Å². The molecule has 6 heteroatoms. The van der Waals surface area contributed by atoms with Crippen LogP contribution in [0.2, 0.25) is 0 Å². The third-order valence-corrected chi connectivity index (χ3v) is 3.66. The number of benzene rings is 1. The summed E-state index contributed by atoms with van der Waals surface area (Å²) in [5, 5.41) is 3.30. The van der Waals surface area contributed by atoms with Crippen molar-refractivity contribution in [2.45, 2.75) is 13.5 Å². The number of imidazole rings is 1. The fourth-order valence-corrected chi connectivity index (χ4v) is 2.55. The fourth-order valence-electron chi connectivity index (χ4n) is 2.55. The maximum atomic E-state index is 5.60. The number of fused-ring (bicyclic) bond motifs is 2. The summed E-state index contributed by atoms with van der Waals surface area (Å²) in [6.07, 6.45) is 3.61. The van der Waals surface area contributed by atoms with E-state index in [1.54, 1.807) is 6.20 Å². The van der Waals surface area contributed by atoms with Crippen molar-refractivity contribution in [2.75, 3.05) is 18.5 Å². The highest BCUT2D eigenvalue weighted by Gasteiger charge is 2.12. The van der Waals surface area contributed by atoms with E-state index >= 15 is 0 Å². The van der Waals surface area contributed by atoms with Crippen molar-refractivity contribution in [3.8, 4) is 11.5 Å². The van der Waals surface area contributed by atoms with Crippen molar-refractivity contribution in [2.24, 2.45) is 0 Å². The van der Waals surface area contributed by atoms with Crippen LogP contribution in [0, 0.1) is 0 Å². The largest absolute Gasteiger partial charge is 0.486 e. The van der Waals surface area contributed by atoms with Gasteiger partial charge in [0.25, 0.3) is 0 Å². The van der Waals surface area contributed by atoms with Crippen molar-refractivity contribution < 1.29 is 9.47 Å². The van der Waals surface area contributed by atoms with Gasteiger partial charge < -0.3 is 19.4 Å². The standard InChI is InChI=1S/C16H16N4O2/c1-2-20-10-18-12-9-17-16(8-13(12)20)19-11-3-4-14-15(7-11)22-6-5-21-14/h3-4,7-10H,2,5-6H2,1H3,(H,17,19). The molecule has 0 bridgehead atoms. The zero-order chi connectivity index (χ0) is 14.9. The Morgan fingerprint density at radius 2 is 2.00 bits per heavy atom. The van der Waals surface area contributed by atoms with Crippen LogP contribution in [-0.4, -0.2) is 27.7 Å². The first-order valence-electron chi connectivity index (χ1n) is 7.31. The molecule has 0 saturated heterocycles. The predicted molar refractivity (Wildman–Crippen MR) is 83.9 cm³/mol. The predicted octanol–water partition coefficient (Wildman–Crippen LogP) is 2.97. The van der Waals surface area contributed by atoms with Gasteiger partial charge in [0.1, 0.15) is 24.5 Å². The van der Waals surface area contributed by atoms with E-state index in [9.17, 15) is 0 Å². The molecular formula is C16H16N4O2. The third-order valence-electron chi connectivity index (χ3n) is 3.66. The van der Waals surface area contributed by atoms with Gasteiger partial charge in [-0.1, -0.05) is 0 Å². The topological polar surface area (TPSA) is 61.2 Å². The normalized spacial score (nSPS) is 13.3. The molecule has 0 saturated carbocycles. The minimum absolute atomic E-state index is 0.580. The molecule has 112 valence electrons. The molecule has 1 aromatic carbocycles. The van der Waals surface area contributed by atoms with Gasteiger partial charge >= 0.3 is 0 Å². The summed E-state index contributed by atoms with van der Waals surface area (Å²) in [6, 6.07) is 7.79. The number of anilines is 2. The van der Waals surface area contributed by atoms with Crippen LogP contribution in [0.25, 0.3) is 11.0 Å². The summed E-state index contributed by atoms with van der Waals surface area (Å²) in [5.74, 6) is 2.32. The summed E-state index contributed by atoms with van der Waals surface area (Å²) in [5.41, 5.74) is 2.88. The lowest BCUT2D eigenvalue weighted by Crippen LogP contribution is -2.15. The number of ether oxygens (including phenoxy) is 2. The number of hydrogen-bond donors (Lipinski definition) is 1. The summed E-state index contributed by atoms with van der Waals surface area (Å²) in [4.78, 5) is 8.73. The Morgan fingerprint density at radius 3 is 2.86 bits per heavy atom. The number of pyridine rings is 1. The average Bonchev–Trinajstić information content (AvgIpc) is 2.97. The van der Waals surface area contributed by atoms with Crippen LogP contribution in [0.15, 0.2) is 36.8 Å². The number of aryl methyl sites for hydroxylation is 1. The monoisotopic (exact) mass is 296 g/mol. The second-order valence-electron chi connectivity index (χ2n) is 5.07. The average molecular weight is 296 g/mol. The van der Waals surface area contributed by atoms with Crippen LogP contribution in [0.3, 0.4) is 0 Å². The lowest BCUT2D eigenvalue weighted by Gasteiger charge is -2.19. The number of nitrogens with one attached hydrogen (secondary N) is 1. The van der Waals surface area contributed by atoms with Crippen LogP contribution in [0.4, 0.5) is 11.5 Å². The fraction of sp³-hybridized carbons (Fsp3) is 0.250. The Hall–Kier alpha value is -2.76. The highest BCUT2D eigenvalue weighted by atomic mass is 16.6. The molecule has 0 radical (unpaired) electrons. The zero-order valence-corrected chi connectivity index (χ0v) is 12.2. The second-order valence-corrected chi connectivity index (χ2v) is 5.07. The number of nitrogens with zero attached hydrogens (tertiary/aromatic N) is 3. The smallest absolute Gasteiger partial charge is 0.163 e. The van der Waals surface area contributed by atoms with E-state index in [4.69, 9.17) is 9.47 Å². The summed E-state index contributed by atoms with van der Waals surface area (Å²) < 4.78 is 13.2. The molecule has 4 rings (SSSR count). The van der Waals surface area contributed by atoms with Gasteiger partial charge in [-0.15, -0.1) is 0 Å². The Kier molecular flexibility index (Phi) is 3.07. The SMILES string of the molecule is CCn1cnc2cnc(Nc3ccc4c(c3)OCCO4)cc21. The Morgan fingerprint density at radius 1 is 1.14 bits per heavy atom. The van der Waals surface area contributed by atoms with Crippen LogP contribution < -0.4 is 14.8 Å². The Labute approximate surface area is 127 Å². The van der Waals surface area contributed by atoms with Gasteiger partial charge in [-0.25, -0.2) is 9.97 Å². The van der Waals surface area contributed by atoms with Crippen LogP contribution >= 0.6 is 0 Å². The molecule has 1 N–H and O–H groups in total. The summed E-state index contributed by atoms with van der Waals surface area (Å²) in [6.45, 7) is 4.15. The van der Waals surface area contributed by atoms with Gasteiger partial charge in [-0.3, -0.25) is 0 Å². The molecule has 0 amide bonds. The zero-order valence-electron chi connectivity index (χ0n) is 12.2. The Balaban J connectivity index is 1.65. The van der Waals surface area contributed by atoms with E-state index < -0.39 is 0 Å². The maximum Gasteiger partial charge on any atom is 0.163 e. The summed E-state index contributed by atoms with van der Waals surface area (Å²) >= 11 is 0. The number of rotatable bonds is 3. The van der Waals surface area contributed by atoms with E-state index in [0.717, 1.165) is 40.6 Å². The highest BCUT2D eigenvalue weighted by molar-refractivity contribution is 5.78. The first-order valence-corrected chi connectivity index (χ1v) is 7.31. The molecule has 2 aromatic heterocycles. The lowest BCUT2D eigenvalue weighted by molar-refractivity contribution is 0.171. The van der Waals surface area contributed by atoms with Gasteiger partial charge in [0.15, 0.2) is 11.5 Å². The van der Waals surface area contributed by atoms with Crippen molar-refractivity contribution >= 4 is 22.5 Å². The molecule has 3 aromatic rings. The highest BCUT2D eigenvalue weighted by Crippen LogP contribution is 2.33. The molecule has 1 aliphatic heterocycles. The minimum atomic E-state index is 0.580. The molecule has 0 aliphatic carbocycles. The first-order chi connectivity index (χ1) is 10.8. The van der Waals surface area contributed by atoms with Gasteiger partial charge in [-0.05, 0) is 19.1 Å². The van der Waals surface area contributed by atoms with Gasteiger partial charge in [0.05, 0.1) is 18.0 Å². The van der Waals surface area contributed by atoms with Crippen LogP contribution in [0.5, 0.6) is 11.5 Å². The van der Waals surface area contributed by atoms with E-state index in [0.29, 0.717) is 13.2 Å². The molecule has 22 heavy (non-hydrogen) atoms. The molecule has 3 heterocycles. The maximum absolute atomic E-state index is 5.60. The third kappa shape index (κ3) is 2.22. The molecule has 0 spiro atoms. The van der Waals surface area contributed by atoms with Crippen LogP contribution in [0.1, 0.15) is 6.92 Å². The van der Waals surface area contributed by atoms with Gasteiger partial charge in [-0.2, -0.15) is 0 Å². The van der Waals surface area contributed by atoms with E-state index in [1.165, 1.54) is 0 Å². The van der Waals surface area contributed by atoms with Crippen LogP contribution in [-0.2, 0) is 6.54 Å².